The Labute approximate surface area is 217 Å². The van der Waals surface area contributed by atoms with E-state index in [1.54, 1.807) is 18.2 Å². The van der Waals surface area contributed by atoms with Crippen LogP contribution < -0.4 is 15.6 Å². The van der Waals surface area contributed by atoms with Crippen molar-refractivity contribution in [2.75, 3.05) is 0 Å². The van der Waals surface area contributed by atoms with Crippen LogP contribution in [0.2, 0.25) is 0 Å². The molecule has 1 aliphatic rings. The summed E-state index contributed by atoms with van der Waals surface area (Å²) in [5.41, 5.74) is 1.41. The van der Waals surface area contributed by atoms with Crippen LogP contribution in [0.1, 0.15) is 63.9 Å². The molecule has 0 saturated heterocycles. The standard InChI is InChI=1S/C19H28N2O4S.C8H6N2O/c1-3-14-5-9-17(10-6-14)20-19(23)21-26(24,25)18-11-7-16(8-12-18)15(4-2)13-22;11-8-6-3-1-2-4-7(6)9-5-10-8/h7-8,11-15,17H,3-6,9-10H2,1-2H3,(H2,20,21,23);1-5H,(H,9,10,11). The Morgan fingerprint density at radius 3 is 2.35 bits per heavy atom. The summed E-state index contributed by atoms with van der Waals surface area (Å²) in [6, 6.07) is 12.6. The second-order valence-corrected chi connectivity index (χ2v) is 10.9. The van der Waals surface area contributed by atoms with E-state index in [4.69, 9.17) is 0 Å². The third-order valence-corrected chi connectivity index (χ3v) is 8.10. The number of rotatable bonds is 7. The molecule has 0 aliphatic heterocycles. The van der Waals surface area contributed by atoms with Crippen molar-refractivity contribution in [2.24, 2.45) is 5.92 Å². The van der Waals surface area contributed by atoms with Gasteiger partial charge >= 0.3 is 6.03 Å². The van der Waals surface area contributed by atoms with Crippen LogP contribution >= 0.6 is 0 Å². The Bertz CT molecular complexity index is 1340. The van der Waals surface area contributed by atoms with Crippen molar-refractivity contribution < 1.29 is 18.0 Å². The minimum atomic E-state index is -3.93. The summed E-state index contributed by atoms with van der Waals surface area (Å²) < 4.78 is 26.8. The third kappa shape index (κ3) is 7.72. The van der Waals surface area contributed by atoms with Gasteiger partial charge in [-0.15, -0.1) is 0 Å². The molecule has 10 heteroatoms. The van der Waals surface area contributed by atoms with Crippen molar-refractivity contribution in [3.8, 4) is 0 Å². The first kappa shape index (κ1) is 28.0. The Morgan fingerprint density at radius 2 is 1.76 bits per heavy atom. The quantitative estimate of drug-likeness (QED) is 0.393. The maximum atomic E-state index is 12.4. The number of sulfonamides is 1. The number of aromatic amines is 1. The lowest BCUT2D eigenvalue weighted by Crippen LogP contribution is -2.45. The van der Waals surface area contributed by atoms with Crippen LogP contribution in [-0.4, -0.2) is 36.7 Å². The van der Waals surface area contributed by atoms with Crippen LogP contribution in [0.3, 0.4) is 0 Å². The molecular formula is C27H34N4O5S. The highest BCUT2D eigenvalue weighted by Gasteiger charge is 2.24. The first-order valence-electron chi connectivity index (χ1n) is 12.6. The number of nitrogens with one attached hydrogen (secondary N) is 3. The summed E-state index contributed by atoms with van der Waals surface area (Å²) in [5.74, 6) is 0.456. The highest BCUT2D eigenvalue weighted by molar-refractivity contribution is 7.90. The van der Waals surface area contributed by atoms with Crippen LogP contribution in [0, 0.1) is 5.92 Å². The number of H-pyrrole nitrogens is 1. The molecule has 1 unspecified atom stereocenters. The molecule has 2 aromatic carbocycles. The zero-order valence-electron chi connectivity index (χ0n) is 21.1. The minimum absolute atomic E-state index is 0.00634. The Morgan fingerprint density at radius 1 is 1.08 bits per heavy atom. The lowest BCUT2D eigenvalue weighted by Gasteiger charge is -2.28. The van der Waals surface area contributed by atoms with Gasteiger partial charge in [0.1, 0.15) is 6.29 Å². The summed E-state index contributed by atoms with van der Waals surface area (Å²) in [6.07, 6.45) is 7.93. The summed E-state index contributed by atoms with van der Waals surface area (Å²) in [4.78, 5) is 40.7. The van der Waals surface area contributed by atoms with Gasteiger partial charge in [-0.3, -0.25) is 4.79 Å². The van der Waals surface area contributed by atoms with E-state index < -0.39 is 16.1 Å². The van der Waals surface area contributed by atoms with Gasteiger partial charge in [-0.1, -0.05) is 44.5 Å². The molecule has 1 saturated carbocycles. The van der Waals surface area contributed by atoms with Gasteiger partial charge in [0.15, 0.2) is 0 Å². The molecule has 3 N–H and O–H groups in total. The Balaban J connectivity index is 0.000000284. The van der Waals surface area contributed by atoms with Crippen molar-refractivity contribution in [3.63, 3.8) is 0 Å². The van der Waals surface area contributed by atoms with Crippen LogP contribution in [-0.2, 0) is 14.8 Å². The van der Waals surface area contributed by atoms with E-state index in [-0.39, 0.29) is 22.4 Å². The molecule has 1 atom stereocenters. The number of fused-ring (bicyclic) bond motifs is 1. The molecule has 0 spiro atoms. The van der Waals surface area contributed by atoms with Crippen molar-refractivity contribution in [1.29, 1.82) is 0 Å². The fourth-order valence-corrected chi connectivity index (χ4v) is 5.35. The molecule has 9 nitrogen and oxygen atoms in total. The van der Waals surface area contributed by atoms with Crippen molar-refractivity contribution in [1.82, 2.24) is 20.0 Å². The molecule has 1 heterocycles. The number of para-hydroxylation sites is 1. The second kappa shape index (κ2) is 13.1. The summed E-state index contributed by atoms with van der Waals surface area (Å²) in [5, 5.41) is 3.40. The second-order valence-electron chi connectivity index (χ2n) is 9.17. The Hall–Kier alpha value is -3.53. The smallest absolute Gasteiger partial charge is 0.328 e. The fourth-order valence-electron chi connectivity index (χ4n) is 4.43. The van der Waals surface area contributed by atoms with Crippen LogP contribution in [0.15, 0.2) is 64.5 Å². The highest BCUT2D eigenvalue weighted by atomic mass is 32.2. The van der Waals surface area contributed by atoms with E-state index >= 15 is 0 Å². The van der Waals surface area contributed by atoms with Gasteiger partial charge in [0.2, 0.25) is 0 Å². The first-order chi connectivity index (χ1) is 17.8. The molecule has 1 aromatic heterocycles. The average molecular weight is 527 g/mol. The largest absolute Gasteiger partial charge is 0.335 e. The highest BCUT2D eigenvalue weighted by Crippen LogP contribution is 2.26. The Kier molecular flexibility index (Phi) is 9.96. The van der Waals surface area contributed by atoms with E-state index in [1.165, 1.54) is 18.5 Å². The monoisotopic (exact) mass is 526 g/mol. The van der Waals surface area contributed by atoms with Crippen molar-refractivity contribution >= 4 is 33.2 Å². The number of carbonyl (C=O) groups excluding carboxylic acids is 2. The summed E-state index contributed by atoms with van der Waals surface area (Å²) in [7, 11) is -3.93. The topological polar surface area (TPSA) is 138 Å². The normalized spacial score (nSPS) is 18.2. The molecule has 0 radical (unpaired) electrons. The molecule has 1 aliphatic carbocycles. The van der Waals surface area contributed by atoms with Gasteiger partial charge in [0.25, 0.3) is 15.6 Å². The zero-order valence-corrected chi connectivity index (χ0v) is 22.0. The minimum Gasteiger partial charge on any atom is -0.335 e. The molecule has 1 fully saturated rings. The molecular weight excluding hydrogens is 492 g/mol. The number of urea groups is 1. The lowest BCUT2D eigenvalue weighted by molar-refractivity contribution is -0.109. The lowest BCUT2D eigenvalue weighted by atomic mass is 9.85. The van der Waals surface area contributed by atoms with E-state index in [0.717, 1.165) is 49.5 Å². The fraction of sp³-hybridized carbons (Fsp3) is 0.407. The number of amides is 2. The molecule has 198 valence electrons. The molecule has 4 rings (SSSR count). The molecule has 3 aromatic rings. The number of nitrogens with zero attached hydrogens (tertiary/aromatic N) is 1. The molecule has 0 bridgehead atoms. The van der Waals surface area contributed by atoms with Crippen molar-refractivity contribution in [3.05, 3.63) is 70.8 Å². The van der Waals surface area contributed by atoms with E-state index in [9.17, 15) is 22.8 Å². The first-order valence-corrected chi connectivity index (χ1v) is 14.1. The van der Waals surface area contributed by atoms with Gasteiger partial charge in [0.05, 0.1) is 22.1 Å². The van der Waals surface area contributed by atoms with E-state index in [1.807, 2.05) is 25.1 Å². The number of hydrogen-bond acceptors (Lipinski definition) is 6. The maximum absolute atomic E-state index is 12.4. The number of benzene rings is 2. The number of carbonyl (C=O) groups is 2. The van der Waals surface area contributed by atoms with Gasteiger partial charge < -0.3 is 15.1 Å². The van der Waals surface area contributed by atoms with E-state index in [2.05, 4.69) is 26.9 Å². The zero-order chi connectivity index (χ0) is 26.8. The summed E-state index contributed by atoms with van der Waals surface area (Å²) in [6.45, 7) is 4.06. The van der Waals surface area contributed by atoms with Gasteiger partial charge in [-0.05, 0) is 67.9 Å². The van der Waals surface area contributed by atoms with Crippen LogP contribution in [0.25, 0.3) is 10.9 Å². The third-order valence-electron chi connectivity index (χ3n) is 6.76. The average Bonchev–Trinajstić information content (AvgIpc) is 2.90. The van der Waals surface area contributed by atoms with E-state index in [0.29, 0.717) is 17.7 Å². The van der Waals surface area contributed by atoms with Crippen LogP contribution in [0.5, 0.6) is 0 Å². The predicted molar refractivity (Wildman–Crippen MR) is 143 cm³/mol. The van der Waals surface area contributed by atoms with Crippen molar-refractivity contribution in [2.45, 2.75) is 69.2 Å². The number of aldehydes is 1. The molecule has 2 amide bonds. The van der Waals surface area contributed by atoms with Crippen LogP contribution in [0.4, 0.5) is 4.79 Å². The van der Waals surface area contributed by atoms with Gasteiger partial charge in [-0.2, -0.15) is 0 Å². The number of aromatic nitrogens is 2. The number of hydrogen-bond donors (Lipinski definition) is 3. The maximum Gasteiger partial charge on any atom is 0.328 e. The SMILES string of the molecule is CCC1CCC(NC(=O)NS(=O)(=O)c2ccc(C(C=O)CC)cc2)CC1.O=c1[nH]cnc2ccccc12. The summed E-state index contributed by atoms with van der Waals surface area (Å²) >= 11 is 0. The predicted octanol–water partition coefficient (Wildman–Crippen LogP) is 4.26. The van der Waals surface area contributed by atoms with Gasteiger partial charge in [-0.25, -0.2) is 22.9 Å². The molecule has 37 heavy (non-hydrogen) atoms. The van der Waals surface area contributed by atoms with Gasteiger partial charge in [0, 0.05) is 12.0 Å².